The molecule has 2 aromatic carbocycles. The van der Waals surface area contributed by atoms with Crippen LogP contribution in [-0.4, -0.2) is 18.3 Å². The number of nitrogens with one attached hydrogen (secondary N) is 1. The lowest BCUT2D eigenvalue weighted by Gasteiger charge is -2.13. The third kappa shape index (κ3) is 4.88. The smallest absolute Gasteiger partial charge is 0.119 e. The van der Waals surface area contributed by atoms with Gasteiger partial charge in [0.15, 0.2) is 0 Å². The number of hydrogen-bond acceptors (Lipinski definition) is 3. The minimum absolute atomic E-state index is 0.485. The number of benzene rings is 2. The molecular formula is C18H23NO2. The molecule has 3 heteroatoms. The second-order valence-electron chi connectivity index (χ2n) is 5.14. The molecule has 0 saturated heterocycles. The molecule has 0 aliphatic heterocycles. The predicted molar refractivity (Wildman–Crippen MR) is 85.5 cm³/mol. The van der Waals surface area contributed by atoms with E-state index < -0.39 is 6.10 Å². The third-order valence-electron chi connectivity index (χ3n) is 3.34. The Bertz CT molecular complexity index is 551. The van der Waals surface area contributed by atoms with Gasteiger partial charge in [-0.05, 0) is 37.1 Å². The minimum atomic E-state index is -0.485. The summed E-state index contributed by atoms with van der Waals surface area (Å²) in [7, 11) is 0. The molecule has 1 unspecified atom stereocenters. The van der Waals surface area contributed by atoms with Gasteiger partial charge in [0, 0.05) is 13.1 Å². The van der Waals surface area contributed by atoms with Crippen molar-refractivity contribution in [3.63, 3.8) is 0 Å². The van der Waals surface area contributed by atoms with Crippen molar-refractivity contribution in [3.8, 4) is 5.75 Å². The summed E-state index contributed by atoms with van der Waals surface area (Å²) in [6, 6.07) is 16.0. The fourth-order valence-corrected chi connectivity index (χ4v) is 2.17. The van der Waals surface area contributed by atoms with Gasteiger partial charge in [-0.25, -0.2) is 0 Å². The summed E-state index contributed by atoms with van der Waals surface area (Å²) in [5.41, 5.74) is 3.29. The Balaban J connectivity index is 1.83. The van der Waals surface area contributed by atoms with Crippen molar-refractivity contribution in [3.05, 3.63) is 65.2 Å². The summed E-state index contributed by atoms with van der Waals surface area (Å²) < 4.78 is 5.48. The molecule has 2 rings (SSSR count). The van der Waals surface area contributed by atoms with Gasteiger partial charge >= 0.3 is 0 Å². The molecule has 0 saturated carbocycles. The van der Waals surface area contributed by atoms with Crippen LogP contribution in [0, 0.1) is 6.92 Å². The Labute approximate surface area is 126 Å². The molecule has 0 heterocycles. The zero-order valence-corrected chi connectivity index (χ0v) is 12.7. The topological polar surface area (TPSA) is 41.5 Å². The summed E-state index contributed by atoms with van der Waals surface area (Å²) in [6.07, 6.45) is -0.485. The number of aliphatic hydroxyl groups excluding tert-OH is 1. The fraction of sp³-hybridized carbons (Fsp3) is 0.333. The van der Waals surface area contributed by atoms with Gasteiger partial charge in [0.2, 0.25) is 0 Å². The highest BCUT2D eigenvalue weighted by Gasteiger charge is 2.06. The summed E-state index contributed by atoms with van der Waals surface area (Å²) in [6.45, 7) is 5.93. The Morgan fingerprint density at radius 1 is 1.14 bits per heavy atom. The molecule has 0 spiro atoms. The monoisotopic (exact) mass is 285 g/mol. The first-order valence-electron chi connectivity index (χ1n) is 7.36. The quantitative estimate of drug-likeness (QED) is 0.820. The lowest BCUT2D eigenvalue weighted by molar-refractivity contribution is 0.174. The number of hydrogen-bond donors (Lipinski definition) is 2. The van der Waals surface area contributed by atoms with Crippen LogP contribution in [-0.2, 0) is 6.54 Å². The zero-order valence-electron chi connectivity index (χ0n) is 12.7. The average Bonchev–Trinajstić information content (AvgIpc) is 2.48. The van der Waals surface area contributed by atoms with E-state index in [1.165, 1.54) is 5.56 Å². The van der Waals surface area contributed by atoms with Gasteiger partial charge in [-0.1, -0.05) is 42.0 Å². The average molecular weight is 285 g/mol. The molecule has 0 aliphatic rings. The molecule has 112 valence electrons. The Hall–Kier alpha value is -1.84. The second-order valence-corrected chi connectivity index (χ2v) is 5.14. The van der Waals surface area contributed by atoms with Gasteiger partial charge in [-0.2, -0.15) is 0 Å². The number of aliphatic hydroxyl groups is 1. The normalized spacial score (nSPS) is 12.1. The molecule has 0 aliphatic carbocycles. The van der Waals surface area contributed by atoms with Crippen LogP contribution in [0.25, 0.3) is 0 Å². The van der Waals surface area contributed by atoms with Gasteiger partial charge < -0.3 is 15.2 Å². The lowest BCUT2D eigenvalue weighted by Crippen LogP contribution is -2.21. The summed E-state index contributed by atoms with van der Waals surface area (Å²) >= 11 is 0. The number of aryl methyl sites for hydroxylation is 1. The van der Waals surface area contributed by atoms with Gasteiger partial charge in [0.1, 0.15) is 5.75 Å². The predicted octanol–water partition coefficient (Wildman–Crippen LogP) is 3.22. The highest BCUT2D eigenvalue weighted by Crippen LogP contribution is 2.15. The van der Waals surface area contributed by atoms with E-state index in [9.17, 15) is 5.11 Å². The maximum atomic E-state index is 10.1. The van der Waals surface area contributed by atoms with Crippen LogP contribution < -0.4 is 10.1 Å². The van der Waals surface area contributed by atoms with E-state index in [0.29, 0.717) is 19.7 Å². The van der Waals surface area contributed by atoms with E-state index >= 15 is 0 Å². The van der Waals surface area contributed by atoms with Crippen molar-refractivity contribution >= 4 is 0 Å². The fourth-order valence-electron chi connectivity index (χ4n) is 2.17. The third-order valence-corrected chi connectivity index (χ3v) is 3.34. The van der Waals surface area contributed by atoms with E-state index in [1.807, 2.05) is 62.4 Å². The first-order chi connectivity index (χ1) is 10.2. The van der Waals surface area contributed by atoms with Crippen LogP contribution in [0.2, 0.25) is 0 Å². The Morgan fingerprint density at radius 3 is 2.62 bits per heavy atom. The molecule has 0 fully saturated rings. The summed E-state index contributed by atoms with van der Waals surface area (Å²) in [5.74, 6) is 0.885. The van der Waals surface area contributed by atoms with Crippen LogP contribution in [0.5, 0.6) is 5.75 Å². The molecule has 1 atom stereocenters. The van der Waals surface area contributed by atoms with Crippen LogP contribution in [0.3, 0.4) is 0 Å². The van der Waals surface area contributed by atoms with Gasteiger partial charge in [0.05, 0.1) is 12.7 Å². The largest absolute Gasteiger partial charge is 0.494 e. The molecule has 0 bridgehead atoms. The highest BCUT2D eigenvalue weighted by atomic mass is 16.5. The Kier molecular flexibility index (Phi) is 5.78. The van der Waals surface area contributed by atoms with Crippen molar-refractivity contribution in [1.82, 2.24) is 5.32 Å². The van der Waals surface area contributed by atoms with Crippen molar-refractivity contribution in [2.75, 3.05) is 13.2 Å². The molecule has 0 aromatic heterocycles. The molecule has 0 radical (unpaired) electrons. The summed E-state index contributed by atoms with van der Waals surface area (Å²) in [4.78, 5) is 0. The molecule has 2 aromatic rings. The van der Waals surface area contributed by atoms with Crippen molar-refractivity contribution in [2.45, 2.75) is 26.5 Å². The molecule has 0 amide bonds. The van der Waals surface area contributed by atoms with Crippen molar-refractivity contribution < 1.29 is 9.84 Å². The maximum absolute atomic E-state index is 10.1. The first-order valence-corrected chi connectivity index (χ1v) is 7.36. The highest BCUT2D eigenvalue weighted by molar-refractivity contribution is 5.28. The number of ether oxygens (including phenoxy) is 1. The van der Waals surface area contributed by atoms with Gasteiger partial charge in [-0.3, -0.25) is 0 Å². The summed E-state index contributed by atoms with van der Waals surface area (Å²) in [5, 5.41) is 13.4. The SMILES string of the molecule is CCOc1cccc(CNCC(O)c2ccc(C)cc2)c1. The lowest BCUT2D eigenvalue weighted by atomic mass is 10.1. The van der Waals surface area contributed by atoms with E-state index in [1.54, 1.807) is 0 Å². The second kappa shape index (κ2) is 7.81. The van der Waals surface area contributed by atoms with Crippen molar-refractivity contribution in [1.29, 1.82) is 0 Å². The maximum Gasteiger partial charge on any atom is 0.119 e. The van der Waals surface area contributed by atoms with Crippen molar-refractivity contribution in [2.24, 2.45) is 0 Å². The van der Waals surface area contributed by atoms with Gasteiger partial charge in [-0.15, -0.1) is 0 Å². The Morgan fingerprint density at radius 2 is 1.90 bits per heavy atom. The number of rotatable bonds is 7. The zero-order chi connectivity index (χ0) is 15.1. The minimum Gasteiger partial charge on any atom is -0.494 e. The molecular weight excluding hydrogens is 262 g/mol. The van der Waals surface area contributed by atoms with E-state index in [0.717, 1.165) is 16.9 Å². The van der Waals surface area contributed by atoms with E-state index in [4.69, 9.17) is 4.74 Å². The first kappa shape index (κ1) is 15.5. The molecule has 2 N–H and O–H groups in total. The van der Waals surface area contributed by atoms with Crippen LogP contribution in [0.1, 0.15) is 29.7 Å². The van der Waals surface area contributed by atoms with Crippen LogP contribution in [0.15, 0.2) is 48.5 Å². The van der Waals surface area contributed by atoms with E-state index in [-0.39, 0.29) is 0 Å². The molecule has 21 heavy (non-hydrogen) atoms. The van der Waals surface area contributed by atoms with Crippen LogP contribution >= 0.6 is 0 Å². The molecule has 3 nitrogen and oxygen atoms in total. The van der Waals surface area contributed by atoms with Gasteiger partial charge in [0.25, 0.3) is 0 Å². The van der Waals surface area contributed by atoms with E-state index in [2.05, 4.69) is 5.32 Å². The standard InChI is InChI=1S/C18H23NO2/c1-3-21-17-6-4-5-15(11-17)12-19-13-18(20)16-9-7-14(2)8-10-16/h4-11,18-20H,3,12-13H2,1-2H3. The van der Waals surface area contributed by atoms with Crippen LogP contribution in [0.4, 0.5) is 0 Å².